The minimum absolute atomic E-state index is 0.235. The predicted octanol–water partition coefficient (Wildman–Crippen LogP) is 4.31. The van der Waals surface area contributed by atoms with Crippen LogP contribution >= 0.6 is 0 Å². The van der Waals surface area contributed by atoms with Gasteiger partial charge in [-0.05, 0) is 36.4 Å². The van der Waals surface area contributed by atoms with Crippen LogP contribution in [0.15, 0.2) is 65.5 Å². The second kappa shape index (κ2) is 9.49. The molecule has 0 atom stereocenters. The lowest BCUT2D eigenvalue weighted by Gasteiger charge is -2.20. The van der Waals surface area contributed by atoms with E-state index < -0.39 is 21.7 Å². The lowest BCUT2D eigenvalue weighted by atomic mass is 9.98. The van der Waals surface area contributed by atoms with E-state index in [1.807, 2.05) is 16.8 Å². The number of rotatable bonds is 6. The summed E-state index contributed by atoms with van der Waals surface area (Å²) in [5.41, 5.74) is 3.84. The molecular weight excluding hydrogens is 537 g/mol. The van der Waals surface area contributed by atoms with Gasteiger partial charge in [-0.15, -0.1) is 0 Å². The summed E-state index contributed by atoms with van der Waals surface area (Å²) in [6, 6.07) is 11.3. The Morgan fingerprint density at radius 3 is 2.55 bits per heavy atom. The zero-order chi connectivity index (χ0) is 28.2. The first kappa shape index (κ1) is 25.6. The number of nitrogens with zero attached hydrogens (tertiary/aromatic N) is 4. The second-order valence-corrected chi connectivity index (χ2v) is 11.4. The van der Waals surface area contributed by atoms with Crippen LogP contribution in [0.2, 0.25) is 0 Å². The minimum atomic E-state index is -3.68. The normalized spacial score (nSPS) is 12.8. The lowest BCUT2D eigenvalue weighted by Crippen LogP contribution is -2.25. The average molecular weight is 562 g/mol. The number of ether oxygens (including phenoxy) is 1. The standard InChI is InChI=1S/C28H24FN5O5S/c1-30-27(35)25-21-11-20(17-10-18(14-31-13-17)22-15-34-8-9-38-28(34)32-22)23(33(2)40(3,36)37)12-24(21)39-26(25)16-4-6-19(29)7-5-16/h4-7,10-15H,8-9H2,1-3H3,(H,30,35). The molecule has 1 N–H and O–H groups in total. The Hall–Kier alpha value is -4.71. The number of anilines is 1. The molecule has 4 heterocycles. The van der Waals surface area contributed by atoms with E-state index in [1.165, 1.54) is 38.4 Å². The summed E-state index contributed by atoms with van der Waals surface area (Å²) in [5.74, 6) is -0.603. The van der Waals surface area contributed by atoms with Crippen LogP contribution in [0.3, 0.4) is 0 Å². The molecule has 1 amide bonds. The van der Waals surface area contributed by atoms with E-state index in [0.717, 1.165) is 10.6 Å². The highest BCUT2D eigenvalue weighted by atomic mass is 32.2. The third-order valence-electron chi connectivity index (χ3n) is 6.85. The number of carbonyl (C=O) groups is 1. The van der Waals surface area contributed by atoms with Crippen LogP contribution < -0.4 is 14.4 Å². The number of carbonyl (C=O) groups excluding carboxylic acids is 1. The number of fused-ring (bicyclic) bond motifs is 2. The molecule has 5 aromatic rings. The average Bonchev–Trinajstić information content (AvgIpc) is 3.65. The third kappa shape index (κ3) is 4.35. The molecule has 0 bridgehead atoms. The van der Waals surface area contributed by atoms with E-state index in [0.29, 0.717) is 63.8 Å². The molecule has 0 saturated heterocycles. The van der Waals surface area contributed by atoms with Crippen LogP contribution in [-0.2, 0) is 16.6 Å². The first-order chi connectivity index (χ1) is 19.1. The van der Waals surface area contributed by atoms with Gasteiger partial charge in [-0.25, -0.2) is 12.8 Å². The largest absolute Gasteiger partial charge is 0.463 e. The number of nitrogens with one attached hydrogen (secondary N) is 1. The van der Waals surface area contributed by atoms with Crippen molar-refractivity contribution in [2.24, 2.45) is 0 Å². The number of imidazole rings is 1. The quantitative estimate of drug-likeness (QED) is 0.328. The molecule has 0 unspecified atom stereocenters. The van der Waals surface area contributed by atoms with Crippen molar-refractivity contribution in [1.29, 1.82) is 0 Å². The van der Waals surface area contributed by atoms with Crippen molar-refractivity contribution in [3.8, 4) is 39.7 Å². The third-order valence-corrected chi connectivity index (χ3v) is 8.04. The van der Waals surface area contributed by atoms with E-state index in [-0.39, 0.29) is 11.3 Å². The molecule has 12 heteroatoms. The molecule has 1 aliphatic heterocycles. The van der Waals surface area contributed by atoms with Gasteiger partial charge in [0.05, 0.1) is 29.7 Å². The first-order valence-corrected chi connectivity index (χ1v) is 14.2. The molecule has 0 saturated carbocycles. The van der Waals surface area contributed by atoms with Gasteiger partial charge < -0.3 is 14.5 Å². The molecule has 6 rings (SSSR count). The van der Waals surface area contributed by atoms with Gasteiger partial charge in [0.1, 0.15) is 23.8 Å². The molecule has 0 fully saturated rings. The molecule has 3 aromatic heterocycles. The summed E-state index contributed by atoms with van der Waals surface area (Å²) in [6.07, 6.45) is 6.26. The van der Waals surface area contributed by atoms with Crippen molar-refractivity contribution >= 4 is 32.6 Å². The van der Waals surface area contributed by atoms with E-state index >= 15 is 0 Å². The van der Waals surface area contributed by atoms with E-state index in [2.05, 4.69) is 15.3 Å². The highest BCUT2D eigenvalue weighted by Crippen LogP contribution is 2.42. The van der Waals surface area contributed by atoms with Gasteiger partial charge in [-0.1, -0.05) is 0 Å². The fraction of sp³-hybridized carbons (Fsp3) is 0.179. The van der Waals surface area contributed by atoms with E-state index in [9.17, 15) is 17.6 Å². The van der Waals surface area contributed by atoms with Gasteiger partial charge in [-0.3, -0.25) is 18.7 Å². The highest BCUT2D eigenvalue weighted by molar-refractivity contribution is 7.92. The number of amides is 1. The summed E-state index contributed by atoms with van der Waals surface area (Å²) in [7, 11) is -0.734. The van der Waals surface area contributed by atoms with Crippen molar-refractivity contribution in [2.75, 3.05) is 31.3 Å². The fourth-order valence-corrected chi connectivity index (χ4v) is 5.24. The maximum Gasteiger partial charge on any atom is 0.297 e. The van der Waals surface area contributed by atoms with Crippen molar-refractivity contribution in [3.05, 3.63) is 72.4 Å². The molecule has 1 aliphatic rings. The smallest absolute Gasteiger partial charge is 0.297 e. The Balaban J connectivity index is 1.59. The number of benzene rings is 2. The van der Waals surface area contributed by atoms with Crippen LogP contribution in [0.1, 0.15) is 10.4 Å². The molecule has 40 heavy (non-hydrogen) atoms. The number of aromatic nitrogens is 3. The summed E-state index contributed by atoms with van der Waals surface area (Å²) in [6.45, 7) is 1.27. The minimum Gasteiger partial charge on any atom is -0.463 e. The number of halogens is 1. The molecule has 204 valence electrons. The highest BCUT2D eigenvalue weighted by Gasteiger charge is 2.26. The zero-order valence-electron chi connectivity index (χ0n) is 21.8. The molecule has 0 radical (unpaired) electrons. The molecule has 2 aromatic carbocycles. The summed E-state index contributed by atoms with van der Waals surface area (Å²) in [4.78, 5) is 22.0. The number of pyridine rings is 1. The number of furan rings is 1. The van der Waals surface area contributed by atoms with Crippen LogP contribution in [0.25, 0.3) is 44.7 Å². The number of sulfonamides is 1. The Labute approximate surface area is 229 Å². The SMILES string of the molecule is CNC(=O)c1c(-c2ccc(F)cc2)oc2cc(N(C)S(C)(=O)=O)c(-c3cncc(-c4cn5c(n4)OCC5)c3)cc12. The fourth-order valence-electron chi connectivity index (χ4n) is 4.73. The monoisotopic (exact) mass is 561 g/mol. The second-order valence-electron chi connectivity index (χ2n) is 9.40. The lowest BCUT2D eigenvalue weighted by molar-refractivity contribution is 0.0964. The number of hydrogen-bond acceptors (Lipinski definition) is 7. The zero-order valence-corrected chi connectivity index (χ0v) is 22.6. The molecule has 0 spiro atoms. The molecule has 0 aliphatic carbocycles. The van der Waals surface area contributed by atoms with Gasteiger partial charge in [0.2, 0.25) is 10.0 Å². The summed E-state index contributed by atoms with van der Waals surface area (Å²) >= 11 is 0. The van der Waals surface area contributed by atoms with Gasteiger partial charge >= 0.3 is 0 Å². The maximum atomic E-state index is 13.6. The van der Waals surface area contributed by atoms with Gasteiger partial charge in [0.15, 0.2) is 0 Å². The van der Waals surface area contributed by atoms with Gasteiger partial charge in [-0.2, -0.15) is 4.98 Å². The van der Waals surface area contributed by atoms with Crippen LogP contribution in [-0.4, -0.2) is 55.8 Å². The van der Waals surface area contributed by atoms with Crippen molar-refractivity contribution in [2.45, 2.75) is 6.54 Å². The Kier molecular flexibility index (Phi) is 6.06. The Morgan fingerprint density at radius 1 is 1.10 bits per heavy atom. The molecule has 10 nitrogen and oxygen atoms in total. The van der Waals surface area contributed by atoms with Crippen molar-refractivity contribution in [1.82, 2.24) is 19.9 Å². The maximum absolute atomic E-state index is 13.6. The Morgan fingerprint density at radius 2 is 1.85 bits per heavy atom. The van der Waals surface area contributed by atoms with Crippen LogP contribution in [0.4, 0.5) is 10.1 Å². The van der Waals surface area contributed by atoms with Crippen molar-refractivity contribution < 1.29 is 26.8 Å². The van der Waals surface area contributed by atoms with E-state index in [4.69, 9.17) is 9.15 Å². The van der Waals surface area contributed by atoms with Gasteiger partial charge in [0.25, 0.3) is 11.9 Å². The first-order valence-electron chi connectivity index (χ1n) is 12.3. The topological polar surface area (TPSA) is 120 Å². The number of hydrogen-bond donors (Lipinski definition) is 1. The van der Waals surface area contributed by atoms with Gasteiger partial charge in [0, 0.05) is 66.4 Å². The summed E-state index contributed by atoms with van der Waals surface area (Å²) < 4.78 is 53.7. The molecular formula is C28H24FN5O5S. The predicted molar refractivity (Wildman–Crippen MR) is 148 cm³/mol. The Bertz CT molecular complexity index is 1880. The van der Waals surface area contributed by atoms with Crippen LogP contribution in [0.5, 0.6) is 6.01 Å². The van der Waals surface area contributed by atoms with Crippen LogP contribution in [0, 0.1) is 5.82 Å². The van der Waals surface area contributed by atoms with Crippen molar-refractivity contribution in [3.63, 3.8) is 0 Å². The summed E-state index contributed by atoms with van der Waals surface area (Å²) in [5, 5.41) is 3.09. The van der Waals surface area contributed by atoms with E-state index in [1.54, 1.807) is 24.5 Å².